The monoisotopic (exact) mass is 976 g/mol. The van der Waals surface area contributed by atoms with Crippen molar-refractivity contribution >= 4 is 75.8 Å². The molecule has 2 aromatic heterocycles. The van der Waals surface area contributed by atoms with Crippen LogP contribution in [-0.4, -0.2) is 112 Å². The summed E-state index contributed by atoms with van der Waals surface area (Å²) >= 11 is 9.33. The van der Waals surface area contributed by atoms with Crippen molar-refractivity contribution in [1.29, 1.82) is 0 Å². The molecule has 3 heterocycles. The summed E-state index contributed by atoms with van der Waals surface area (Å²) in [5.41, 5.74) is 3.93. The number of nitrogens with zero attached hydrogens (tertiary/aromatic N) is 4. The van der Waals surface area contributed by atoms with Gasteiger partial charge in [-0.05, 0) is 126 Å². The first-order valence-electron chi connectivity index (χ1n) is 23.0. The van der Waals surface area contributed by atoms with Crippen molar-refractivity contribution in [2.45, 2.75) is 101 Å². The highest BCUT2D eigenvalue weighted by Crippen LogP contribution is 2.42. The molecule has 2 saturated carbocycles. The molecule has 4 aromatic rings. The van der Waals surface area contributed by atoms with E-state index < -0.39 is 28.4 Å². The first-order chi connectivity index (χ1) is 32.2. The number of carbonyl (C=O) groups is 4. The van der Waals surface area contributed by atoms with E-state index in [9.17, 15) is 19.2 Å². The van der Waals surface area contributed by atoms with E-state index in [1.165, 1.54) is 13.3 Å². The van der Waals surface area contributed by atoms with Gasteiger partial charge in [-0.1, -0.05) is 35.9 Å². The number of nitrogens with one attached hydrogen (secondary N) is 6. The van der Waals surface area contributed by atoms with Crippen LogP contribution in [0.4, 0.5) is 21.8 Å². The lowest BCUT2D eigenvalue weighted by Gasteiger charge is -2.38. The van der Waals surface area contributed by atoms with Gasteiger partial charge in [0.2, 0.25) is 17.8 Å². The second-order valence-electron chi connectivity index (χ2n) is 18.2. The normalized spacial score (nSPS) is 19.3. The summed E-state index contributed by atoms with van der Waals surface area (Å²) in [7, 11) is 3.25. The first-order valence-corrected chi connectivity index (χ1v) is 25.3. The minimum absolute atomic E-state index is 0.143. The molecule has 4 amide bonds. The molecule has 0 radical (unpaired) electrons. The molecule has 6 N–H and O–H groups in total. The number of aromatic nitrogens is 3. The topological polar surface area (TPSA) is 192 Å². The zero-order chi connectivity index (χ0) is 47.7. The van der Waals surface area contributed by atoms with E-state index in [0.29, 0.717) is 84.6 Å². The Bertz CT molecular complexity index is 2380. The van der Waals surface area contributed by atoms with Gasteiger partial charge in [0, 0.05) is 43.5 Å². The molecule has 67 heavy (non-hydrogen) atoms. The van der Waals surface area contributed by atoms with Crippen LogP contribution in [0.2, 0.25) is 5.02 Å². The van der Waals surface area contributed by atoms with Crippen LogP contribution in [0.3, 0.4) is 0 Å². The maximum Gasteiger partial charge on any atom is 0.258 e. The largest absolute Gasteiger partial charge is 0.495 e. The van der Waals surface area contributed by atoms with Crippen molar-refractivity contribution in [3.63, 3.8) is 0 Å². The molecule has 15 nitrogen and oxygen atoms in total. The van der Waals surface area contributed by atoms with Crippen LogP contribution in [0.1, 0.15) is 86.8 Å². The van der Waals surface area contributed by atoms with Gasteiger partial charge in [-0.3, -0.25) is 19.2 Å². The van der Waals surface area contributed by atoms with Crippen LogP contribution >= 0.6 is 34.7 Å². The van der Waals surface area contributed by atoms with Gasteiger partial charge in [0.15, 0.2) is 5.67 Å². The fourth-order valence-corrected chi connectivity index (χ4v) is 10.9. The predicted octanol–water partition coefficient (Wildman–Crippen LogP) is 7.29. The van der Waals surface area contributed by atoms with Crippen molar-refractivity contribution in [2.24, 2.45) is 11.8 Å². The number of methoxy groups -OCH3 is 1. The SMILES string of the molecule is CNc1nc(Nc2ccc(C(=O)NCCNC[C@H]3CC[C@H](CSC(C)(C)[C@H](NC(=O)C4(F)CC4)C(=O)N4CCCC4C(=O)NCc4ccc(-c5scnc5C)cc4)CC3)cc2OC)ncc1Cl. The summed E-state index contributed by atoms with van der Waals surface area (Å²) in [6.45, 7) is 8.49. The van der Waals surface area contributed by atoms with E-state index >= 15 is 4.39 Å². The van der Waals surface area contributed by atoms with Gasteiger partial charge in [0.25, 0.3) is 11.8 Å². The van der Waals surface area contributed by atoms with Crippen LogP contribution in [0.25, 0.3) is 10.4 Å². The summed E-state index contributed by atoms with van der Waals surface area (Å²) in [4.78, 5) is 69.8. The fraction of sp³-hybridized carbons (Fsp3) is 0.521. The van der Waals surface area contributed by atoms with Crippen LogP contribution in [0.15, 0.2) is 54.2 Å². The number of rotatable bonds is 21. The van der Waals surface area contributed by atoms with Crippen LogP contribution < -0.4 is 36.6 Å². The summed E-state index contributed by atoms with van der Waals surface area (Å²) in [6.07, 6.45) is 7.10. The quantitative estimate of drug-likeness (QED) is 0.0458. The number of halogens is 2. The molecule has 1 saturated heterocycles. The Morgan fingerprint density at radius 2 is 1.76 bits per heavy atom. The molecule has 7 rings (SSSR count). The Kier molecular flexibility index (Phi) is 16.7. The van der Waals surface area contributed by atoms with Crippen molar-refractivity contribution < 1.29 is 28.3 Å². The number of aryl methyl sites for hydroxylation is 1. The molecular formula is C48H62ClFN10O5S2. The molecule has 1 aliphatic heterocycles. The van der Waals surface area contributed by atoms with Gasteiger partial charge >= 0.3 is 0 Å². The third kappa shape index (κ3) is 12.7. The average Bonchev–Trinajstić information content (AvgIpc) is 3.66. The zero-order valence-electron chi connectivity index (χ0n) is 38.8. The number of ether oxygens (including phenoxy) is 1. The highest BCUT2D eigenvalue weighted by atomic mass is 35.5. The minimum atomic E-state index is -1.95. The van der Waals surface area contributed by atoms with Crippen molar-refractivity contribution in [3.05, 3.63) is 76.0 Å². The highest BCUT2D eigenvalue weighted by molar-refractivity contribution is 8.00. The molecule has 1 unspecified atom stereocenters. The second kappa shape index (κ2) is 22.4. The molecule has 19 heteroatoms. The molecule has 0 bridgehead atoms. The van der Waals surface area contributed by atoms with E-state index in [2.05, 4.69) is 46.9 Å². The lowest BCUT2D eigenvalue weighted by molar-refractivity contribution is -0.143. The van der Waals surface area contributed by atoms with E-state index in [4.69, 9.17) is 16.3 Å². The fourth-order valence-electron chi connectivity index (χ4n) is 8.61. The van der Waals surface area contributed by atoms with Gasteiger partial charge in [-0.2, -0.15) is 16.7 Å². The summed E-state index contributed by atoms with van der Waals surface area (Å²) in [5, 5.41) is 18.8. The van der Waals surface area contributed by atoms with Crippen molar-refractivity contribution in [1.82, 2.24) is 41.1 Å². The lowest BCUT2D eigenvalue weighted by atomic mass is 9.83. The van der Waals surface area contributed by atoms with E-state index in [-0.39, 0.29) is 30.6 Å². The van der Waals surface area contributed by atoms with Gasteiger partial charge in [-0.25, -0.2) is 14.4 Å². The Balaban J connectivity index is 0.846. The molecular weight excluding hydrogens is 915 g/mol. The highest BCUT2D eigenvalue weighted by Gasteiger charge is 2.53. The summed E-state index contributed by atoms with van der Waals surface area (Å²) < 4.78 is 19.9. The third-order valence-corrected chi connectivity index (χ3v) is 15.8. The number of likely N-dealkylation sites (tertiary alicyclic amines) is 1. The molecule has 3 fully saturated rings. The lowest BCUT2D eigenvalue weighted by Crippen LogP contribution is -2.61. The van der Waals surface area contributed by atoms with Crippen LogP contribution in [-0.2, 0) is 20.9 Å². The molecule has 2 aliphatic carbocycles. The van der Waals surface area contributed by atoms with Gasteiger partial charge in [0.1, 0.15) is 28.7 Å². The Morgan fingerprint density at radius 3 is 2.45 bits per heavy atom. The Labute approximate surface area is 405 Å². The second-order valence-corrected chi connectivity index (χ2v) is 21.1. The smallest absolute Gasteiger partial charge is 0.258 e. The number of anilines is 3. The van der Waals surface area contributed by atoms with Crippen molar-refractivity contribution in [3.8, 4) is 16.2 Å². The number of carbonyl (C=O) groups excluding carboxylic acids is 4. The Hall–Kier alpha value is -5.04. The predicted molar refractivity (Wildman–Crippen MR) is 264 cm³/mol. The average molecular weight is 978 g/mol. The first kappa shape index (κ1) is 49.9. The molecule has 2 atom stereocenters. The van der Waals surface area contributed by atoms with E-state index in [1.54, 1.807) is 53.2 Å². The van der Waals surface area contributed by atoms with E-state index in [1.807, 2.05) is 50.5 Å². The molecule has 2 aromatic carbocycles. The summed E-state index contributed by atoms with van der Waals surface area (Å²) in [6, 6.07) is 11.4. The standard InChI is InChI=1S/C48H62ClFN10O5S2/c1-29-39(66-28-56-29)33-14-12-31(13-15-33)25-54-43(62)37-7-6-22-60(37)44(63)40(58-45(64)48(50)18-19-48)47(2,3)67-27-32-10-8-30(9-11-32)24-52-20-21-53-42(61)34-16-17-36(38(23-34)65-5)57-46-55-26-35(49)41(51-4)59-46/h12-17,23,26,28,30,32,37,40,52H,6-11,18-22,24-25,27H2,1-5H3,(H,53,61)(H,54,62)(H,58,64)(H2,51,55,57,59)/t30-,32-,37?,40-/m1/s1. The Morgan fingerprint density at radius 1 is 1.01 bits per heavy atom. The van der Waals surface area contributed by atoms with Gasteiger partial charge in [0.05, 0.1) is 35.1 Å². The van der Waals surface area contributed by atoms with Crippen LogP contribution in [0, 0.1) is 18.8 Å². The molecule has 0 spiro atoms. The molecule has 360 valence electrons. The summed E-state index contributed by atoms with van der Waals surface area (Å²) in [5.74, 6) is 1.44. The third-order valence-electron chi connectivity index (χ3n) is 12.9. The number of amides is 4. The zero-order valence-corrected chi connectivity index (χ0v) is 41.2. The number of benzene rings is 2. The van der Waals surface area contributed by atoms with E-state index in [0.717, 1.165) is 59.7 Å². The maximum atomic E-state index is 15.1. The maximum absolute atomic E-state index is 15.1. The number of alkyl halides is 1. The van der Waals surface area contributed by atoms with Gasteiger partial charge in [-0.15, -0.1) is 11.3 Å². The number of thioether (sulfide) groups is 1. The van der Waals surface area contributed by atoms with Crippen LogP contribution in [0.5, 0.6) is 5.75 Å². The number of hydrogen-bond acceptors (Lipinski definition) is 13. The van der Waals surface area contributed by atoms with Crippen molar-refractivity contribution in [2.75, 3.05) is 56.7 Å². The molecule has 3 aliphatic rings. The minimum Gasteiger partial charge on any atom is -0.495 e. The van der Waals surface area contributed by atoms with Gasteiger partial charge < -0.3 is 41.5 Å². The number of hydrogen-bond donors (Lipinski definition) is 6. The number of thiazole rings is 1.